The number of hydrogen-bond donors (Lipinski definition) is 0. The first kappa shape index (κ1) is 13.4. The molecule has 1 aromatic heterocycles. The molecule has 5 heteroatoms. The van der Waals surface area contributed by atoms with Crippen molar-refractivity contribution in [1.82, 2.24) is 4.98 Å². The van der Waals surface area contributed by atoms with E-state index in [2.05, 4.69) is 20.9 Å². The number of oxazole rings is 1. The number of aromatic nitrogens is 1. The molecule has 0 aliphatic carbocycles. The minimum atomic E-state index is 0.333. The molecule has 1 aliphatic heterocycles. The Hall–Kier alpha value is -0.0000000000000000555. The third kappa shape index (κ3) is 3.26. The van der Waals surface area contributed by atoms with Crippen LogP contribution in [0.1, 0.15) is 24.3 Å². The van der Waals surface area contributed by atoms with E-state index in [0.717, 1.165) is 53.8 Å². The van der Waals surface area contributed by atoms with E-state index in [-0.39, 0.29) is 0 Å². The van der Waals surface area contributed by atoms with Crippen LogP contribution in [0.15, 0.2) is 9.64 Å². The first-order valence-electron chi connectivity index (χ1n) is 5.86. The van der Waals surface area contributed by atoms with Crippen molar-refractivity contribution < 1.29 is 9.15 Å². The Bertz CT molecular complexity index is 355. The molecule has 2 heterocycles. The highest BCUT2D eigenvalue weighted by molar-refractivity contribution is 9.09. The fourth-order valence-electron chi connectivity index (χ4n) is 1.84. The Balaban J connectivity index is 1.95. The second kappa shape index (κ2) is 5.76. The molecule has 96 valence electrons. The summed E-state index contributed by atoms with van der Waals surface area (Å²) in [6.07, 6.45) is 2.23. The zero-order valence-corrected chi connectivity index (χ0v) is 12.7. The molecule has 0 unspecified atom stereocenters. The molecule has 0 amide bonds. The molecule has 0 atom stereocenters. The lowest BCUT2D eigenvalue weighted by molar-refractivity contribution is 0.0374. The number of rotatable bonds is 4. The first-order valence-corrected chi connectivity index (χ1v) is 7.96. The molecule has 3 nitrogen and oxygen atoms in total. The lowest BCUT2D eigenvalue weighted by atomic mass is 9.85. The van der Waals surface area contributed by atoms with Gasteiger partial charge >= 0.3 is 0 Å². The van der Waals surface area contributed by atoms with Gasteiger partial charge in [-0.25, -0.2) is 4.98 Å². The summed E-state index contributed by atoms with van der Waals surface area (Å²) < 4.78 is 11.0. The van der Waals surface area contributed by atoms with Crippen LogP contribution in [0.5, 0.6) is 0 Å². The van der Waals surface area contributed by atoms with Crippen molar-refractivity contribution in [1.29, 1.82) is 0 Å². The zero-order valence-electron chi connectivity index (χ0n) is 10.3. The lowest BCUT2D eigenvalue weighted by Gasteiger charge is -2.34. The summed E-state index contributed by atoms with van der Waals surface area (Å²) in [4.78, 5) is 4.41. The fraction of sp³-hybridized carbons (Fsp3) is 0.750. The van der Waals surface area contributed by atoms with E-state index in [1.165, 1.54) is 0 Å². The van der Waals surface area contributed by atoms with Crippen molar-refractivity contribution in [2.75, 3.05) is 24.3 Å². The normalized spacial score (nSPS) is 19.5. The van der Waals surface area contributed by atoms with Gasteiger partial charge in [0.15, 0.2) is 0 Å². The first-order chi connectivity index (χ1) is 8.15. The van der Waals surface area contributed by atoms with Gasteiger partial charge in [-0.15, -0.1) is 0 Å². The number of halogens is 1. The predicted octanol–water partition coefficient (Wildman–Crippen LogP) is 3.58. The van der Waals surface area contributed by atoms with Gasteiger partial charge in [-0.05, 0) is 32.1 Å². The maximum absolute atomic E-state index is 5.60. The number of aryl methyl sites for hydroxylation is 2. The average molecular weight is 320 g/mol. The zero-order chi connectivity index (χ0) is 12.3. The standard InChI is InChI=1S/C12H18BrNO2S/c1-9-10(2)16-11(14-9)17-8-12(7-13)3-5-15-6-4-12/h3-8H2,1-2H3. The predicted molar refractivity (Wildman–Crippen MR) is 73.0 cm³/mol. The van der Waals surface area contributed by atoms with E-state index in [1.54, 1.807) is 11.8 Å². The van der Waals surface area contributed by atoms with Gasteiger partial charge in [0.1, 0.15) is 5.76 Å². The van der Waals surface area contributed by atoms with E-state index in [4.69, 9.17) is 9.15 Å². The Morgan fingerprint density at radius 1 is 1.35 bits per heavy atom. The molecule has 1 aliphatic rings. The van der Waals surface area contributed by atoms with Crippen molar-refractivity contribution in [3.05, 3.63) is 11.5 Å². The maximum atomic E-state index is 5.60. The maximum Gasteiger partial charge on any atom is 0.256 e. The van der Waals surface area contributed by atoms with Gasteiger partial charge in [-0.2, -0.15) is 0 Å². The van der Waals surface area contributed by atoms with E-state index in [1.807, 2.05) is 13.8 Å². The van der Waals surface area contributed by atoms with E-state index >= 15 is 0 Å². The highest BCUT2D eigenvalue weighted by atomic mass is 79.9. The lowest BCUT2D eigenvalue weighted by Crippen LogP contribution is -2.33. The van der Waals surface area contributed by atoms with Crippen LogP contribution in [-0.4, -0.2) is 29.3 Å². The summed E-state index contributed by atoms with van der Waals surface area (Å²) in [5, 5.41) is 1.82. The monoisotopic (exact) mass is 319 g/mol. The van der Waals surface area contributed by atoms with Gasteiger partial charge in [0.25, 0.3) is 5.22 Å². The largest absolute Gasteiger partial charge is 0.437 e. The molecule has 0 radical (unpaired) electrons. The quantitative estimate of drug-likeness (QED) is 0.627. The number of nitrogens with zero attached hydrogens (tertiary/aromatic N) is 1. The summed E-state index contributed by atoms with van der Waals surface area (Å²) in [5.41, 5.74) is 1.33. The summed E-state index contributed by atoms with van der Waals surface area (Å²) in [6, 6.07) is 0. The van der Waals surface area contributed by atoms with Gasteiger partial charge in [0.05, 0.1) is 5.69 Å². The fourth-order valence-corrected chi connectivity index (χ4v) is 4.07. The Morgan fingerprint density at radius 3 is 2.59 bits per heavy atom. The van der Waals surface area contributed by atoms with E-state index in [9.17, 15) is 0 Å². The van der Waals surface area contributed by atoms with Crippen LogP contribution in [0.4, 0.5) is 0 Å². The van der Waals surface area contributed by atoms with Crippen molar-refractivity contribution in [3.8, 4) is 0 Å². The Morgan fingerprint density at radius 2 is 2.06 bits per heavy atom. The number of alkyl halides is 1. The third-order valence-electron chi connectivity index (χ3n) is 3.35. The molecule has 0 aromatic carbocycles. The van der Waals surface area contributed by atoms with Crippen molar-refractivity contribution in [2.45, 2.75) is 31.9 Å². The van der Waals surface area contributed by atoms with Crippen molar-refractivity contribution in [3.63, 3.8) is 0 Å². The number of hydrogen-bond acceptors (Lipinski definition) is 4. The second-order valence-corrected chi connectivity index (χ2v) is 6.14. The summed E-state index contributed by atoms with van der Waals surface area (Å²) in [7, 11) is 0. The van der Waals surface area contributed by atoms with Gasteiger partial charge in [-0.3, -0.25) is 0 Å². The van der Waals surface area contributed by atoms with Crippen LogP contribution < -0.4 is 0 Å². The van der Waals surface area contributed by atoms with Gasteiger partial charge in [0, 0.05) is 24.3 Å². The number of thioether (sulfide) groups is 1. The molecule has 0 saturated carbocycles. The van der Waals surface area contributed by atoms with Crippen LogP contribution in [-0.2, 0) is 4.74 Å². The van der Waals surface area contributed by atoms with Crippen LogP contribution in [0.25, 0.3) is 0 Å². The Labute approximate surface area is 115 Å². The summed E-state index contributed by atoms with van der Waals surface area (Å²) in [6.45, 7) is 5.68. The molecule has 1 saturated heterocycles. The summed E-state index contributed by atoms with van der Waals surface area (Å²) in [5.74, 6) is 1.97. The molecule has 2 rings (SSSR count). The summed E-state index contributed by atoms with van der Waals surface area (Å²) >= 11 is 5.36. The molecule has 1 fully saturated rings. The topological polar surface area (TPSA) is 35.3 Å². The van der Waals surface area contributed by atoms with Gasteiger partial charge < -0.3 is 9.15 Å². The van der Waals surface area contributed by atoms with Crippen molar-refractivity contribution in [2.24, 2.45) is 5.41 Å². The number of ether oxygens (including phenoxy) is 1. The van der Waals surface area contributed by atoms with Crippen LogP contribution in [0, 0.1) is 19.3 Å². The smallest absolute Gasteiger partial charge is 0.256 e. The van der Waals surface area contributed by atoms with Crippen LogP contribution in [0.2, 0.25) is 0 Å². The molecular weight excluding hydrogens is 302 g/mol. The van der Waals surface area contributed by atoms with Crippen LogP contribution >= 0.6 is 27.7 Å². The van der Waals surface area contributed by atoms with E-state index < -0.39 is 0 Å². The van der Waals surface area contributed by atoms with Crippen molar-refractivity contribution >= 4 is 27.7 Å². The Kier molecular flexibility index (Phi) is 4.55. The minimum Gasteiger partial charge on any atom is -0.437 e. The average Bonchev–Trinajstić information content (AvgIpc) is 2.68. The van der Waals surface area contributed by atoms with Gasteiger partial charge in [0.2, 0.25) is 0 Å². The molecule has 0 bridgehead atoms. The van der Waals surface area contributed by atoms with Gasteiger partial charge in [-0.1, -0.05) is 27.7 Å². The second-order valence-electron chi connectivity index (χ2n) is 4.66. The highest BCUT2D eigenvalue weighted by Gasteiger charge is 2.32. The molecule has 0 N–H and O–H groups in total. The highest BCUT2D eigenvalue weighted by Crippen LogP contribution is 2.38. The molecular formula is C12H18BrNO2S. The minimum absolute atomic E-state index is 0.333. The third-order valence-corrected chi connectivity index (χ3v) is 5.72. The van der Waals surface area contributed by atoms with E-state index in [0.29, 0.717) is 5.41 Å². The van der Waals surface area contributed by atoms with Crippen LogP contribution in [0.3, 0.4) is 0 Å². The molecule has 17 heavy (non-hydrogen) atoms. The molecule has 1 aromatic rings. The molecule has 0 spiro atoms. The SMILES string of the molecule is Cc1nc(SCC2(CBr)CCOCC2)oc1C.